The van der Waals surface area contributed by atoms with Crippen molar-refractivity contribution in [3.8, 4) is 16.8 Å². The summed E-state index contributed by atoms with van der Waals surface area (Å²) in [6.07, 6.45) is 8.61. The van der Waals surface area contributed by atoms with Crippen LogP contribution >= 0.6 is 0 Å². The fraction of sp³-hybridized carbons (Fsp3) is 0. The molecule has 132 valence electrons. The third kappa shape index (κ3) is 3.52. The van der Waals surface area contributed by atoms with Gasteiger partial charge in [0, 0.05) is 42.1 Å². The van der Waals surface area contributed by atoms with Crippen molar-refractivity contribution < 1.29 is 4.92 Å². The van der Waals surface area contributed by atoms with Crippen LogP contribution in [0.5, 0.6) is 0 Å². The number of nitrogens with one attached hydrogen (secondary N) is 1. The van der Waals surface area contributed by atoms with Gasteiger partial charge in [-0.2, -0.15) is 0 Å². The SMILES string of the molecule is O=[N+]([O-])c1cc(-n2cccc2)ccc1Nc1cccc(-c2cncnc2)c1. The molecule has 2 aromatic heterocycles. The van der Waals surface area contributed by atoms with Gasteiger partial charge in [-0.1, -0.05) is 12.1 Å². The summed E-state index contributed by atoms with van der Waals surface area (Å²) >= 11 is 0. The summed E-state index contributed by atoms with van der Waals surface area (Å²) in [5, 5.41) is 14.7. The van der Waals surface area contributed by atoms with Crippen molar-refractivity contribution in [2.45, 2.75) is 0 Å². The molecule has 7 heteroatoms. The van der Waals surface area contributed by atoms with Gasteiger partial charge < -0.3 is 9.88 Å². The van der Waals surface area contributed by atoms with E-state index in [4.69, 9.17) is 0 Å². The maximum absolute atomic E-state index is 11.6. The Labute approximate surface area is 155 Å². The average Bonchev–Trinajstić information content (AvgIpc) is 3.24. The van der Waals surface area contributed by atoms with Gasteiger partial charge in [0.25, 0.3) is 5.69 Å². The molecule has 27 heavy (non-hydrogen) atoms. The number of rotatable bonds is 5. The first-order chi connectivity index (χ1) is 13.2. The molecular formula is C20H15N5O2. The fourth-order valence-corrected chi connectivity index (χ4v) is 2.82. The zero-order valence-electron chi connectivity index (χ0n) is 14.2. The molecule has 0 bridgehead atoms. The molecule has 2 heterocycles. The molecule has 0 spiro atoms. The number of nitro benzene ring substituents is 1. The molecule has 0 amide bonds. The second-order valence-electron chi connectivity index (χ2n) is 5.88. The number of aromatic nitrogens is 3. The summed E-state index contributed by atoms with van der Waals surface area (Å²) in [4.78, 5) is 19.2. The molecule has 1 N–H and O–H groups in total. The summed E-state index contributed by atoms with van der Waals surface area (Å²) in [5.41, 5.74) is 3.71. The number of hydrogen-bond acceptors (Lipinski definition) is 5. The Morgan fingerprint density at radius 2 is 1.70 bits per heavy atom. The Kier molecular flexibility index (Phi) is 4.32. The predicted octanol–water partition coefficient (Wildman–Crippen LogP) is 4.59. The van der Waals surface area contributed by atoms with Crippen molar-refractivity contribution in [3.63, 3.8) is 0 Å². The second-order valence-corrected chi connectivity index (χ2v) is 5.88. The Hall–Kier alpha value is -4.00. The number of nitro groups is 1. The number of anilines is 2. The van der Waals surface area contributed by atoms with E-state index in [0.29, 0.717) is 5.69 Å². The lowest BCUT2D eigenvalue weighted by Crippen LogP contribution is -1.99. The molecule has 0 saturated carbocycles. The van der Waals surface area contributed by atoms with E-state index in [-0.39, 0.29) is 10.6 Å². The molecule has 0 aliphatic carbocycles. The minimum absolute atomic E-state index is 0.00893. The van der Waals surface area contributed by atoms with Gasteiger partial charge in [0.1, 0.15) is 12.0 Å². The van der Waals surface area contributed by atoms with Gasteiger partial charge in [0.2, 0.25) is 0 Å². The van der Waals surface area contributed by atoms with Crippen LogP contribution in [0.25, 0.3) is 16.8 Å². The zero-order chi connectivity index (χ0) is 18.6. The average molecular weight is 357 g/mol. The molecule has 0 fully saturated rings. The Balaban J connectivity index is 1.67. The number of benzene rings is 2. The van der Waals surface area contributed by atoms with Crippen molar-refractivity contribution in [1.29, 1.82) is 0 Å². The highest BCUT2D eigenvalue weighted by atomic mass is 16.6. The van der Waals surface area contributed by atoms with Crippen molar-refractivity contribution in [2.75, 3.05) is 5.32 Å². The summed E-state index contributed by atoms with van der Waals surface area (Å²) in [5.74, 6) is 0. The summed E-state index contributed by atoms with van der Waals surface area (Å²) in [6.45, 7) is 0. The highest BCUT2D eigenvalue weighted by Crippen LogP contribution is 2.31. The third-order valence-corrected chi connectivity index (χ3v) is 4.12. The molecule has 7 nitrogen and oxygen atoms in total. The molecule has 0 aliphatic rings. The molecule has 2 aromatic carbocycles. The Bertz CT molecular complexity index is 1080. The van der Waals surface area contributed by atoms with Gasteiger partial charge in [-0.3, -0.25) is 10.1 Å². The summed E-state index contributed by atoms with van der Waals surface area (Å²) < 4.78 is 1.83. The highest BCUT2D eigenvalue weighted by Gasteiger charge is 2.15. The van der Waals surface area contributed by atoms with Gasteiger partial charge in [0.05, 0.1) is 10.6 Å². The van der Waals surface area contributed by atoms with Crippen LogP contribution in [0.2, 0.25) is 0 Å². The monoisotopic (exact) mass is 357 g/mol. The van der Waals surface area contributed by atoms with E-state index in [2.05, 4.69) is 15.3 Å². The first-order valence-corrected chi connectivity index (χ1v) is 8.25. The van der Waals surface area contributed by atoms with Gasteiger partial charge >= 0.3 is 0 Å². The van der Waals surface area contributed by atoms with Crippen LogP contribution in [0.3, 0.4) is 0 Å². The quantitative estimate of drug-likeness (QED) is 0.417. The maximum atomic E-state index is 11.6. The minimum atomic E-state index is -0.385. The normalized spacial score (nSPS) is 10.5. The van der Waals surface area contributed by atoms with Crippen LogP contribution in [-0.4, -0.2) is 19.5 Å². The highest BCUT2D eigenvalue weighted by molar-refractivity contribution is 5.75. The molecule has 0 saturated heterocycles. The summed E-state index contributed by atoms with van der Waals surface area (Å²) in [7, 11) is 0. The smallest absolute Gasteiger partial charge is 0.294 e. The number of nitrogens with zero attached hydrogens (tertiary/aromatic N) is 4. The molecule has 4 aromatic rings. The van der Waals surface area contributed by atoms with Gasteiger partial charge in [0.15, 0.2) is 0 Å². The maximum Gasteiger partial charge on any atom is 0.294 e. The van der Waals surface area contributed by atoms with E-state index in [1.807, 2.05) is 59.4 Å². The van der Waals surface area contributed by atoms with E-state index in [1.165, 1.54) is 6.33 Å². The third-order valence-electron chi connectivity index (χ3n) is 4.12. The van der Waals surface area contributed by atoms with Crippen LogP contribution in [0.4, 0.5) is 17.1 Å². The van der Waals surface area contributed by atoms with E-state index < -0.39 is 0 Å². The van der Waals surface area contributed by atoms with Crippen molar-refractivity contribution in [3.05, 3.63) is 95.8 Å². The van der Waals surface area contributed by atoms with E-state index in [1.54, 1.807) is 24.5 Å². The van der Waals surface area contributed by atoms with Gasteiger partial charge in [-0.25, -0.2) is 9.97 Å². The molecule has 0 aliphatic heterocycles. The van der Waals surface area contributed by atoms with Crippen molar-refractivity contribution >= 4 is 17.1 Å². The Morgan fingerprint density at radius 1 is 0.926 bits per heavy atom. The lowest BCUT2D eigenvalue weighted by Gasteiger charge is -2.11. The van der Waals surface area contributed by atoms with E-state index in [0.717, 1.165) is 22.5 Å². The predicted molar refractivity (Wildman–Crippen MR) is 103 cm³/mol. The lowest BCUT2D eigenvalue weighted by atomic mass is 10.1. The largest absolute Gasteiger partial charge is 0.350 e. The summed E-state index contributed by atoms with van der Waals surface area (Å²) in [6, 6.07) is 16.4. The fourth-order valence-electron chi connectivity index (χ4n) is 2.82. The van der Waals surface area contributed by atoms with Crippen LogP contribution < -0.4 is 5.32 Å². The molecule has 0 atom stereocenters. The van der Waals surface area contributed by atoms with E-state index in [9.17, 15) is 10.1 Å². The van der Waals surface area contributed by atoms with Crippen LogP contribution in [0.1, 0.15) is 0 Å². The Morgan fingerprint density at radius 3 is 2.44 bits per heavy atom. The standard InChI is InChI=1S/C20H15N5O2/c26-25(27)20-11-18(24-8-1-2-9-24)6-7-19(20)23-17-5-3-4-15(10-17)16-12-21-14-22-13-16/h1-14,23H. The van der Waals surface area contributed by atoms with Crippen LogP contribution in [0.15, 0.2) is 85.7 Å². The topological polar surface area (TPSA) is 85.9 Å². The van der Waals surface area contributed by atoms with E-state index >= 15 is 0 Å². The lowest BCUT2D eigenvalue weighted by molar-refractivity contribution is -0.383. The minimum Gasteiger partial charge on any atom is -0.350 e. The molecule has 0 radical (unpaired) electrons. The second kappa shape index (κ2) is 7.09. The molecule has 4 rings (SSSR count). The first-order valence-electron chi connectivity index (χ1n) is 8.25. The van der Waals surface area contributed by atoms with Crippen molar-refractivity contribution in [2.24, 2.45) is 0 Å². The van der Waals surface area contributed by atoms with Gasteiger partial charge in [-0.15, -0.1) is 0 Å². The zero-order valence-corrected chi connectivity index (χ0v) is 14.2. The number of hydrogen-bond donors (Lipinski definition) is 1. The molecule has 0 unspecified atom stereocenters. The van der Waals surface area contributed by atoms with Crippen molar-refractivity contribution in [1.82, 2.24) is 14.5 Å². The van der Waals surface area contributed by atoms with Crippen LogP contribution in [-0.2, 0) is 0 Å². The van der Waals surface area contributed by atoms with Crippen LogP contribution in [0, 0.1) is 10.1 Å². The first kappa shape index (κ1) is 16.5. The molecular weight excluding hydrogens is 342 g/mol. The van der Waals surface area contributed by atoms with Gasteiger partial charge in [-0.05, 0) is 42.0 Å².